The summed E-state index contributed by atoms with van der Waals surface area (Å²) in [5.74, 6) is 1.23. The number of rotatable bonds is 4. The predicted octanol–water partition coefficient (Wildman–Crippen LogP) is 4.22. The summed E-state index contributed by atoms with van der Waals surface area (Å²) in [5, 5.41) is 3.84. The molecule has 0 fully saturated rings. The third-order valence-corrected chi connectivity index (χ3v) is 3.22. The van der Waals surface area contributed by atoms with Crippen molar-refractivity contribution < 1.29 is 9.21 Å². The summed E-state index contributed by atoms with van der Waals surface area (Å²) < 4.78 is 5.33. The van der Waals surface area contributed by atoms with E-state index in [1.807, 2.05) is 13.0 Å². The standard InChI is InChI=1S/C15H13Cl2NO2/c1-10-2-5-13(20-10)6-7-15(19)18-9-11-3-4-12(16)8-14(11)17/h2-8H,9H2,1H3,(H,18,19)/b7-6+. The van der Waals surface area contributed by atoms with Crippen molar-refractivity contribution >= 4 is 35.2 Å². The van der Waals surface area contributed by atoms with Crippen molar-refractivity contribution in [3.8, 4) is 0 Å². The minimum atomic E-state index is -0.218. The molecule has 0 unspecified atom stereocenters. The van der Waals surface area contributed by atoms with E-state index in [1.165, 1.54) is 6.08 Å². The molecule has 0 bridgehead atoms. The Morgan fingerprint density at radius 2 is 2.10 bits per heavy atom. The smallest absolute Gasteiger partial charge is 0.244 e. The third-order valence-electron chi connectivity index (χ3n) is 2.63. The van der Waals surface area contributed by atoms with Crippen LogP contribution in [0.1, 0.15) is 17.1 Å². The predicted molar refractivity (Wildman–Crippen MR) is 80.8 cm³/mol. The fourth-order valence-electron chi connectivity index (χ4n) is 1.61. The summed E-state index contributed by atoms with van der Waals surface area (Å²) in [5.41, 5.74) is 0.812. The molecule has 2 aromatic rings. The zero-order chi connectivity index (χ0) is 14.5. The normalized spacial score (nSPS) is 10.9. The van der Waals surface area contributed by atoms with E-state index in [4.69, 9.17) is 27.6 Å². The lowest BCUT2D eigenvalue weighted by molar-refractivity contribution is -0.116. The van der Waals surface area contributed by atoms with Crippen molar-refractivity contribution in [3.63, 3.8) is 0 Å². The quantitative estimate of drug-likeness (QED) is 0.859. The Hall–Kier alpha value is -1.71. The number of hydrogen-bond acceptors (Lipinski definition) is 2. The second-order valence-corrected chi connectivity index (χ2v) is 5.08. The number of hydrogen-bond donors (Lipinski definition) is 1. The second kappa shape index (κ2) is 6.64. The number of amides is 1. The van der Waals surface area contributed by atoms with Gasteiger partial charge in [0.05, 0.1) is 0 Å². The lowest BCUT2D eigenvalue weighted by Crippen LogP contribution is -2.20. The average molecular weight is 310 g/mol. The average Bonchev–Trinajstić information content (AvgIpc) is 2.81. The maximum Gasteiger partial charge on any atom is 0.244 e. The van der Waals surface area contributed by atoms with Crippen LogP contribution >= 0.6 is 23.2 Å². The molecule has 0 aliphatic rings. The van der Waals surface area contributed by atoms with Crippen LogP contribution in [0, 0.1) is 6.92 Å². The zero-order valence-electron chi connectivity index (χ0n) is 10.8. The largest absolute Gasteiger partial charge is 0.462 e. The molecule has 0 aliphatic carbocycles. The van der Waals surface area contributed by atoms with Crippen molar-refractivity contribution in [2.75, 3.05) is 0 Å². The van der Waals surface area contributed by atoms with Gasteiger partial charge in [0.15, 0.2) is 0 Å². The fourth-order valence-corrected chi connectivity index (χ4v) is 2.08. The molecule has 104 valence electrons. The highest BCUT2D eigenvalue weighted by molar-refractivity contribution is 6.35. The summed E-state index contributed by atoms with van der Waals surface area (Å²) in [6.07, 6.45) is 3.04. The molecule has 1 amide bonds. The van der Waals surface area contributed by atoms with E-state index in [0.29, 0.717) is 22.4 Å². The van der Waals surface area contributed by atoms with Gasteiger partial charge < -0.3 is 9.73 Å². The van der Waals surface area contributed by atoms with Crippen LogP contribution in [0.3, 0.4) is 0 Å². The van der Waals surface area contributed by atoms with Gasteiger partial charge in [0.1, 0.15) is 11.5 Å². The Labute approximate surface area is 127 Å². The summed E-state index contributed by atoms with van der Waals surface area (Å²) in [6, 6.07) is 8.80. The van der Waals surface area contributed by atoms with Gasteiger partial charge in [-0.25, -0.2) is 0 Å². The highest BCUT2D eigenvalue weighted by Gasteiger charge is 2.03. The molecule has 0 saturated heterocycles. The van der Waals surface area contributed by atoms with Crippen LogP contribution in [0.4, 0.5) is 0 Å². The molecule has 1 aromatic heterocycles. The Balaban J connectivity index is 1.90. The molecule has 1 heterocycles. The van der Waals surface area contributed by atoms with Gasteiger partial charge in [0.2, 0.25) is 5.91 Å². The Morgan fingerprint density at radius 1 is 1.30 bits per heavy atom. The number of carbonyl (C=O) groups is 1. The highest BCUT2D eigenvalue weighted by Crippen LogP contribution is 2.20. The maximum atomic E-state index is 11.7. The molecule has 0 aliphatic heterocycles. The first kappa shape index (κ1) is 14.7. The second-order valence-electron chi connectivity index (χ2n) is 4.24. The third kappa shape index (κ3) is 4.15. The van der Waals surface area contributed by atoms with Crippen LogP contribution < -0.4 is 5.32 Å². The van der Waals surface area contributed by atoms with Crippen LogP contribution in [0.2, 0.25) is 10.0 Å². The van der Waals surface area contributed by atoms with Crippen molar-refractivity contribution in [2.24, 2.45) is 0 Å². The number of furan rings is 1. The van der Waals surface area contributed by atoms with E-state index >= 15 is 0 Å². The number of benzene rings is 1. The van der Waals surface area contributed by atoms with Crippen LogP contribution in [-0.4, -0.2) is 5.91 Å². The molecular weight excluding hydrogens is 297 g/mol. The van der Waals surface area contributed by atoms with Gasteiger partial charge in [0.25, 0.3) is 0 Å². The topological polar surface area (TPSA) is 42.2 Å². The lowest BCUT2D eigenvalue weighted by atomic mass is 10.2. The Bertz CT molecular complexity index is 647. The monoisotopic (exact) mass is 309 g/mol. The van der Waals surface area contributed by atoms with Gasteiger partial charge >= 0.3 is 0 Å². The molecule has 0 atom stereocenters. The van der Waals surface area contributed by atoms with Gasteiger partial charge in [-0.15, -0.1) is 0 Å². The first-order valence-electron chi connectivity index (χ1n) is 6.01. The van der Waals surface area contributed by atoms with Gasteiger partial charge in [-0.05, 0) is 42.8 Å². The number of halogens is 2. The minimum Gasteiger partial charge on any atom is -0.462 e. The maximum absolute atomic E-state index is 11.7. The highest BCUT2D eigenvalue weighted by atomic mass is 35.5. The van der Waals surface area contributed by atoms with Crippen molar-refractivity contribution in [1.29, 1.82) is 0 Å². The molecule has 1 aromatic carbocycles. The molecule has 5 heteroatoms. The van der Waals surface area contributed by atoms with Gasteiger partial charge in [-0.1, -0.05) is 29.3 Å². The lowest BCUT2D eigenvalue weighted by Gasteiger charge is -2.05. The molecule has 1 N–H and O–H groups in total. The van der Waals surface area contributed by atoms with E-state index in [2.05, 4.69) is 5.32 Å². The Kier molecular flexibility index (Phi) is 4.88. The van der Waals surface area contributed by atoms with Crippen molar-refractivity contribution in [2.45, 2.75) is 13.5 Å². The molecule has 2 rings (SSSR count). The number of aryl methyl sites for hydroxylation is 1. The molecular formula is C15H13Cl2NO2. The van der Waals surface area contributed by atoms with Crippen LogP contribution in [0.25, 0.3) is 6.08 Å². The SMILES string of the molecule is Cc1ccc(/C=C/C(=O)NCc2ccc(Cl)cc2Cl)o1. The van der Waals surface area contributed by atoms with E-state index in [-0.39, 0.29) is 5.91 Å². The molecule has 0 saturated carbocycles. The number of nitrogens with one attached hydrogen (secondary N) is 1. The van der Waals surface area contributed by atoms with Gasteiger partial charge in [-0.2, -0.15) is 0 Å². The summed E-state index contributed by atoms with van der Waals surface area (Å²) in [7, 11) is 0. The van der Waals surface area contributed by atoms with Gasteiger partial charge in [0, 0.05) is 22.7 Å². The minimum absolute atomic E-state index is 0.218. The molecule has 0 radical (unpaired) electrons. The molecule has 0 spiro atoms. The molecule has 3 nitrogen and oxygen atoms in total. The van der Waals surface area contributed by atoms with Crippen LogP contribution in [0.15, 0.2) is 40.8 Å². The zero-order valence-corrected chi connectivity index (χ0v) is 12.3. The van der Waals surface area contributed by atoms with Crippen LogP contribution in [0.5, 0.6) is 0 Å². The van der Waals surface area contributed by atoms with E-state index in [1.54, 1.807) is 30.3 Å². The van der Waals surface area contributed by atoms with Gasteiger partial charge in [-0.3, -0.25) is 4.79 Å². The summed E-state index contributed by atoms with van der Waals surface area (Å²) in [6.45, 7) is 2.19. The summed E-state index contributed by atoms with van der Waals surface area (Å²) >= 11 is 11.8. The first-order valence-corrected chi connectivity index (χ1v) is 6.76. The van der Waals surface area contributed by atoms with E-state index < -0.39 is 0 Å². The van der Waals surface area contributed by atoms with E-state index in [9.17, 15) is 4.79 Å². The van der Waals surface area contributed by atoms with Crippen molar-refractivity contribution in [1.82, 2.24) is 5.32 Å². The fraction of sp³-hybridized carbons (Fsp3) is 0.133. The summed E-state index contributed by atoms with van der Waals surface area (Å²) in [4.78, 5) is 11.7. The number of carbonyl (C=O) groups excluding carboxylic acids is 1. The van der Waals surface area contributed by atoms with Crippen LogP contribution in [-0.2, 0) is 11.3 Å². The van der Waals surface area contributed by atoms with E-state index in [0.717, 1.165) is 11.3 Å². The Morgan fingerprint density at radius 3 is 2.75 bits per heavy atom. The first-order chi connectivity index (χ1) is 9.54. The van der Waals surface area contributed by atoms with Crippen molar-refractivity contribution in [3.05, 3.63) is 63.5 Å². The molecule has 20 heavy (non-hydrogen) atoms.